The normalized spacial score (nSPS) is 34.7. The molecule has 5 bridgehead atoms. The Morgan fingerprint density at radius 3 is 2.13 bits per heavy atom. The van der Waals surface area contributed by atoms with Gasteiger partial charge in [0.1, 0.15) is 17.2 Å². The molecule has 1 amide bonds. The number of rotatable bonds is 1. The molecule has 0 saturated carbocycles. The van der Waals surface area contributed by atoms with Gasteiger partial charge < -0.3 is 50.2 Å². The number of anilines is 1. The zero-order chi connectivity index (χ0) is 35.1. The molecule has 9 unspecified atom stereocenters. The average Bonchev–Trinajstić information content (AvgIpc) is 3.30. The predicted octanol–water partition coefficient (Wildman–Crippen LogP) is 4.18. The van der Waals surface area contributed by atoms with Crippen molar-refractivity contribution in [2.75, 3.05) is 12.4 Å². The highest BCUT2D eigenvalue weighted by atomic mass is 16.7. The van der Waals surface area contributed by atoms with Crippen molar-refractivity contribution >= 4 is 28.2 Å². The smallest absolute Gasteiger partial charge is 0.312 e. The summed E-state index contributed by atoms with van der Waals surface area (Å²) < 4.78 is 17.3. The Bertz CT molecular complexity index is 1650. The quantitative estimate of drug-likeness (QED) is 0.172. The molecule has 2 aromatic carbocycles. The van der Waals surface area contributed by atoms with Crippen molar-refractivity contribution in [3.05, 3.63) is 53.3 Å². The number of methoxy groups -OCH3 is 1. The maximum absolute atomic E-state index is 13.8. The summed E-state index contributed by atoms with van der Waals surface area (Å²) in [5, 5.41) is 68.8. The number of phenols is 3. The Morgan fingerprint density at radius 2 is 1.49 bits per heavy atom. The van der Waals surface area contributed by atoms with Gasteiger partial charge in [0.25, 0.3) is 11.7 Å². The molecular weight excluding hydrogens is 610 g/mol. The highest BCUT2D eigenvalue weighted by molar-refractivity contribution is 6.21. The van der Waals surface area contributed by atoms with Crippen LogP contribution in [-0.2, 0) is 14.3 Å². The number of hydrogen-bond acceptors (Lipinski definition) is 11. The van der Waals surface area contributed by atoms with Crippen LogP contribution in [0.15, 0.2) is 42.2 Å². The van der Waals surface area contributed by atoms with Crippen LogP contribution in [0, 0.1) is 30.6 Å². The van der Waals surface area contributed by atoms with Gasteiger partial charge >= 0.3 is 5.79 Å². The van der Waals surface area contributed by atoms with E-state index >= 15 is 0 Å². The van der Waals surface area contributed by atoms with Crippen LogP contribution < -0.4 is 10.1 Å². The maximum atomic E-state index is 13.8. The number of benzene rings is 2. The maximum Gasteiger partial charge on any atom is 0.312 e. The van der Waals surface area contributed by atoms with Gasteiger partial charge in [0.05, 0.1) is 47.3 Å². The predicted molar refractivity (Wildman–Crippen MR) is 174 cm³/mol. The molecule has 5 rings (SSSR count). The third-order valence-electron chi connectivity index (χ3n) is 9.58. The van der Waals surface area contributed by atoms with Crippen molar-refractivity contribution in [3.63, 3.8) is 0 Å². The molecule has 47 heavy (non-hydrogen) atoms. The number of hydrogen-bond donors (Lipinski definition) is 7. The number of aromatic hydroxyl groups is 3. The number of aliphatic hydroxyl groups is 3. The number of ketones is 1. The number of carbonyl (C=O) groups is 2. The van der Waals surface area contributed by atoms with Crippen molar-refractivity contribution in [3.8, 4) is 23.0 Å². The standard InChI is InChI=1S/C35H45NO11/c1-15-10-9-11-16(2)34(44)36-21-14-22(37)24-25(31(21)42)30(41)20(6)32-26(24)33(43)35(7,47-32)46-13-12-23(45-8)17(3)28(39)19(5)29(40)18(4)27(15)38/h9-15,17-19,23,27-29,37-42H,1-8H3,(H,36,44)/b10-9+,13-12+,16-11+. The zero-order valence-electron chi connectivity index (χ0n) is 27.8. The lowest BCUT2D eigenvalue weighted by Gasteiger charge is -2.36. The Kier molecular flexibility index (Phi) is 10.3. The van der Waals surface area contributed by atoms with E-state index in [-0.39, 0.29) is 38.9 Å². The van der Waals surface area contributed by atoms with Crippen molar-refractivity contribution in [2.24, 2.45) is 23.7 Å². The second kappa shape index (κ2) is 13.6. The van der Waals surface area contributed by atoms with Crippen LogP contribution in [-0.4, -0.2) is 79.6 Å². The lowest BCUT2D eigenvalue weighted by Crippen LogP contribution is -2.44. The number of Topliss-reactive ketones (excluding diaryl/α,β-unsaturated/α-hetero) is 1. The molecule has 3 aliphatic rings. The largest absolute Gasteiger partial charge is 0.507 e. The molecule has 0 spiro atoms. The van der Waals surface area contributed by atoms with Crippen LogP contribution in [0.1, 0.15) is 57.5 Å². The number of phenolic OH excluding ortho intramolecular Hbond substituents is 3. The Labute approximate surface area is 273 Å². The van der Waals surface area contributed by atoms with E-state index in [1.54, 1.807) is 39.8 Å². The van der Waals surface area contributed by atoms with E-state index in [4.69, 9.17) is 14.2 Å². The minimum atomic E-state index is -1.95. The minimum absolute atomic E-state index is 0.0566. The molecule has 256 valence electrons. The van der Waals surface area contributed by atoms with Crippen molar-refractivity contribution in [1.29, 1.82) is 0 Å². The van der Waals surface area contributed by atoms with E-state index in [2.05, 4.69) is 5.32 Å². The van der Waals surface area contributed by atoms with Gasteiger partial charge in [-0.05, 0) is 19.9 Å². The van der Waals surface area contributed by atoms with E-state index in [1.807, 2.05) is 0 Å². The first-order valence-electron chi connectivity index (χ1n) is 15.5. The third-order valence-corrected chi connectivity index (χ3v) is 9.58. The van der Waals surface area contributed by atoms with Crippen LogP contribution in [0.25, 0.3) is 10.8 Å². The molecule has 3 heterocycles. The summed E-state index contributed by atoms with van der Waals surface area (Å²) in [6.07, 6.45) is 3.55. The molecule has 0 aliphatic carbocycles. The Morgan fingerprint density at radius 1 is 0.872 bits per heavy atom. The Hall–Kier alpha value is -4.10. The van der Waals surface area contributed by atoms with E-state index in [9.17, 15) is 40.2 Å². The topological polar surface area (TPSA) is 195 Å². The molecule has 2 aromatic rings. The first-order chi connectivity index (χ1) is 22.0. The Balaban J connectivity index is 1.85. The minimum Gasteiger partial charge on any atom is -0.507 e. The second-order valence-corrected chi connectivity index (χ2v) is 12.8. The molecule has 12 nitrogen and oxygen atoms in total. The molecule has 0 aromatic heterocycles. The lowest BCUT2D eigenvalue weighted by molar-refractivity contribution is -0.112. The number of ether oxygens (including phenoxy) is 3. The summed E-state index contributed by atoms with van der Waals surface area (Å²) in [5.74, 6) is -7.24. The van der Waals surface area contributed by atoms with Crippen molar-refractivity contribution in [2.45, 2.75) is 78.7 Å². The number of aliphatic hydroxyl groups excluding tert-OH is 3. The summed E-state index contributed by atoms with van der Waals surface area (Å²) >= 11 is 0. The summed E-state index contributed by atoms with van der Waals surface area (Å²) in [5.41, 5.74) is -0.0434. The van der Waals surface area contributed by atoms with Crippen LogP contribution >= 0.6 is 0 Å². The molecule has 7 N–H and O–H groups in total. The first kappa shape index (κ1) is 35.7. The highest BCUT2D eigenvalue weighted by Gasteiger charge is 2.49. The number of allylic oxidation sites excluding steroid dienone is 2. The molecule has 9 atom stereocenters. The first-order valence-corrected chi connectivity index (χ1v) is 15.5. The number of amides is 1. The average molecular weight is 656 g/mol. The van der Waals surface area contributed by atoms with Crippen LogP contribution in [0.5, 0.6) is 23.0 Å². The van der Waals surface area contributed by atoms with Gasteiger partial charge in [0.15, 0.2) is 5.75 Å². The number of fused-ring (bicyclic) bond motifs is 14. The van der Waals surface area contributed by atoms with Gasteiger partial charge in [-0.15, -0.1) is 0 Å². The summed E-state index contributed by atoms with van der Waals surface area (Å²) in [6, 6.07) is 1.07. The molecule has 0 saturated heterocycles. The highest BCUT2D eigenvalue weighted by Crippen LogP contribution is 2.53. The summed E-state index contributed by atoms with van der Waals surface area (Å²) in [6.45, 7) is 11.2. The van der Waals surface area contributed by atoms with E-state index < -0.39 is 82.8 Å². The van der Waals surface area contributed by atoms with Crippen LogP contribution in [0.4, 0.5) is 5.69 Å². The van der Waals surface area contributed by atoms with Gasteiger partial charge in [-0.1, -0.05) is 45.9 Å². The molecule has 0 radical (unpaired) electrons. The second-order valence-electron chi connectivity index (χ2n) is 12.8. The van der Waals surface area contributed by atoms with Gasteiger partial charge in [0, 0.05) is 60.3 Å². The van der Waals surface area contributed by atoms with E-state index in [1.165, 1.54) is 46.3 Å². The number of nitrogens with one attached hydrogen (secondary N) is 1. The van der Waals surface area contributed by atoms with Crippen molar-refractivity contribution in [1.82, 2.24) is 0 Å². The van der Waals surface area contributed by atoms with Crippen molar-refractivity contribution < 1.29 is 54.4 Å². The molecule has 0 fully saturated rings. The number of carbonyl (C=O) groups excluding carboxylic acids is 2. The fourth-order valence-electron chi connectivity index (χ4n) is 6.26. The van der Waals surface area contributed by atoms with E-state index in [0.717, 1.165) is 6.07 Å². The van der Waals surface area contributed by atoms with E-state index in [0.29, 0.717) is 0 Å². The zero-order valence-corrected chi connectivity index (χ0v) is 27.8. The fraction of sp³-hybridized carbons (Fsp3) is 0.486. The van der Waals surface area contributed by atoms with Gasteiger partial charge in [0.2, 0.25) is 0 Å². The molecule has 3 aliphatic heterocycles. The summed E-state index contributed by atoms with van der Waals surface area (Å²) in [4.78, 5) is 26.9. The molecular formula is C35H45NO11. The summed E-state index contributed by atoms with van der Waals surface area (Å²) in [7, 11) is 1.43. The van der Waals surface area contributed by atoms with Crippen LogP contribution in [0.2, 0.25) is 0 Å². The molecule has 12 heteroatoms. The van der Waals surface area contributed by atoms with Gasteiger partial charge in [-0.25, -0.2) is 0 Å². The monoisotopic (exact) mass is 655 g/mol. The SMILES string of the molecule is COC1/C=C/OC2(C)Oc3c(C)c(O)c4c(O)c(cc(O)c4c3C2=O)NC(=O)/C(C)=C/C=C/C(C)C(O)C(C)C(O)C(C)C(O)C1C. The van der Waals surface area contributed by atoms with Gasteiger partial charge in [-0.3, -0.25) is 9.59 Å². The lowest BCUT2D eigenvalue weighted by atomic mass is 9.78. The third kappa shape index (κ3) is 6.42. The fourth-order valence-corrected chi connectivity index (χ4v) is 6.26. The van der Waals surface area contributed by atoms with Crippen LogP contribution in [0.3, 0.4) is 0 Å². The van der Waals surface area contributed by atoms with Gasteiger partial charge in [-0.2, -0.15) is 0 Å².